The number of anilines is 1. The normalized spacial score (nSPS) is 17.5. The Balaban J connectivity index is 1.42. The van der Waals surface area contributed by atoms with E-state index in [4.69, 9.17) is 9.26 Å². The molecule has 0 bridgehead atoms. The van der Waals surface area contributed by atoms with E-state index in [1.165, 1.54) is 6.07 Å². The molecule has 1 N–H and O–H groups in total. The Morgan fingerprint density at radius 1 is 1.06 bits per heavy atom. The molecule has 6 nitrogen and oxygen atoms in total. The Hall–Kier alpha value is -2.74. The van der Waals surface area contributed by atoms with Gasteiger partial charge >= 0.3 is 0 Å². The Kier molecular flexibility index (Phi) is 6.71. The van der Waals surface area contributed by atoms with Gasteiger partial charge in [-0.3, -0.25) is 4.90 Å². The van der Waals surface area contributed by atoms with Gasteiger partial charge in [0.05, 0.1) is 24.9 Å². The fraction of sp³-hybridized carbons (Fsp3) is 0.423. The van der Waals surface area contributed by atoms with E-state index in [9.17, 15) is 9.50 Å². The highest BCUT2D eigenvalue weighted by atomic mass is 19.1. The van der Waals surface area contributed by atoms with Gasteiger partial charge in [-0.15, -0.1) is 0 Å². The fourth-order valence-corrected chi connectivity index (χ4v) is 4.53. The maximum absolute atomic E-state index is 14.7. The summed E-state index contributed by atoms with van der Waals surface area (Å²) in [6.07, 6.45) is 2.32. The van der Waals surface area contributed by atoms with Crippen molar-refractivity contribution in [3.05, 3.63) is 71.5 Å². The summed E-state index contributed by atoms with van der Waals surface area (Å²) in [5.74, 6) is 0.363. The first-order chi connectivity index (χ1) is 16.2. The van der Waals surface area contributed by atoms with E-state index in [1.54, 1.807) is 12.1 Å². The van der Waals surface area contributed by atoms with Crippen molar-refractivity contribution < 1.29 is 18.8 Å². The molecule has 1 aromatic heterocycles. The number of hydrogen-bond donors (Lipinski definition) is 1. The van der Waals surface area contributed by atoms with Crippen LogP contribution in [0.25, 0.3) is 11.3 Å². The predicted molar refractivity (Wildman–Crippen MR) is 125 cm³/mol. The van der Waals surface area contributed by atoms with Gasteiger partial charge in [-0.2, -0.15) is 0 Å². The molecule has 174 valence electrons. The van der Waals surface area contributed by atoms with E-state index in [2.05, 4.69) is 15.0 Å². The lowest BCUT2D eigenvalue weighted by atomic mass is 10.0. The van der Waals surface area contributed by atoms with Gasteiger partial charge in [0.15, 0.2) is 0 Å². The van der Waals surface area contributed by atoms with Crippen LogP contribution >= 0.6 is 0 Å². The molecule has 1 saturated heterocycles. The van der Waals surface area contributed by atoms with E-state index in [1.807, 2.05) is 36.4 Å². The summed E-state index contributed by atoms with van der Waals surface area (Å²) in [7, 11) is 0. The lowest BCUT2D eigenvalue weighted by molar-refractivity contribution is 0.104. The van der Waals surface area contributed by atoms with Crippen LogP contribution in [0.15, 0.2) is 59.1 Å². The van der Waals surface area contributed by atoms with Crippen LogP contribution in [0.4, 0.5) is 10.3 Å². The molecular formula is C26H30FN3O3. The number of aliphatic hydroxyl groups is 1. The second-order valence-electron chi connectivity index (χ2n) is 8.90. The molecule has 2 aliphatic rings. The van der Waals surface area contributed by atoms with Crippen LogP contribution in [-0.2, 0) is 17.7 Å². The summed E-state index contributed by atoms with van der Waals surface area (Å²) in [5.41, 5.74) is 2.97. The number of aliphatic hydroxyl groups excluding tert-OH is 1. The second kappa shape index (κ2) is 10.0. The summed E-state index contributed by atoms with van der Waals surface area (Å²) >= 11 is 0. The molecule has 7 heteroatoms. The standard InChI is InChI=1S/C26H30FN3O3/c27-24-9-5-4-8-22(24)25-23(26(33-28-25)29-12-14-32-15-13-29)18-30(20-10-11-20)17-21(31)16-19-6-2-1-3-7-19/h1-9,20-21,31H,10-18H2. The number of rotatable bonds is 9. The first kappa shape index (κ1) is 22.1. The Morgan fingerprint density at radius 3 is 2.52 bits per heavy atom. The topological polar surface area (TPSA) is 62.0 Å². The third-order valence-corrected chi connectivity index (χ3v) is 6.38. The van der Waals surface area contributed by atoms with Gasteiger partial charge < -0.3 is 19.3 Å². The quantitative estimate of drug-likeness (QED) is 0.533. The molecule has 1 unspecified atom stereocenters. The van der Waals surface area contributed by atoms with E-state index in [0.717, 1.165) is 24.0 Å². The van der Waals surface area contributed by atoms with Crippen molar-refractivity contribution in [2.24, 2.45) is 0 Å². The molecule has 33 heavy (non-hydrogen) atoms. The summed E-state index contributed by atoms with van der Waals surface area (Å²) in [6.45, 7) is 3.76. The van der Waals surface area contributed by atoms with Crippen molar-refractivity contribution in [3.63, 3.8) is 0 Å². The molecule has 2 heterocycles. The highest BCUT2D eigenvalue weighted by Gasteiger charge is 2.34. The molecule has 0 radical (unpaired) electrons. The van der Waals surface area contributed by atoms with Gasteiger partial charge in [0.1, 0.15) is 11.5 Å². The van der Waals surface area contributed by atoms with Gasteiger partial charge in [-0.25, -0.2) is 4.39 Å². The molecular weight excluding hydrogens is 421 g/mol. The average Bonchev–Trinajstić information content (AvgIpc) is 3.61. The maximum atomic E-state index is 14.7. The molecule has 0 amide bonds. The van der Waals surface area contributed by atoms with E-state index in [0.29, 0.717) is 69.0 Å². The highest BCUT2D eigenvalue weighted by molar-refractivity contribution is 5.69. The van der Waals surface area contributed by atoms with Gasteiger partial charge in [0.25, 0.3) is 0 Å². The number of aromatic nitrogens is 1. The molecule has 2 fully saturated rings. The van der Waals surface area contributed by atoms with E-state index < -0.39 is 6.10 Å². The Labute approximate surface area is 193 Å². The van der Waals surface area contributed by atoms with E-state index in [-0.39, 0.29) is 5.82 Å². The van der Waals surface area contributed by atoms with Gasteiger partial charge in [-0.1, -0.05) is 47.6 Å². The van der Waals surface area contributed by atoms with Crippen LogP contribution < -0.4 is 4.90 Å². The van der Waals surface area contributed by atoms with Crippen molar-refractivity contribution in [1.82, 2.24) is 10.1 Å². The van der Waals surface area contributed by atoms with Crippen molar-refractivity contribution in [1.29, 1.82) is 0 Å². The number of hydrogen-bond acceptors (Lipinski definition) is 6. The molecule has 0 spiro atoms. The zero-order chi connectivity index (χ0) is 22.6. The van der Waals surface area contributed by atoms with Crippen LogP contribution in [0, 0.1) is 5.82 Å². The van der Waals surface area contributed by atoms with Crippen molar-refractivity contribution >= 4 is 5.88 Å². The molecule has 2 aromatic carbocycles. The second-order valence-corrected chi connectivity index (χ2v) is 8.90. The smallest absolute Gasteiger partial charge is 0.232 e. The Morgan fingerprint density at radius 2 is 1.79 bits per heavy atom. The SMILES string of the molecule is OC(Cc1ccccc1)CN(Cc1c(-c2ccccc2F)noc1N1CCOCC1)C1CC1. The predicted octanol–water partition coefficient (Wildman–Crippen LogP) is 3.89. The van der Waals surface area contributed by atoms with Crippen molar-refractivity contribution in [2.75, 3.05) is 37.7 Å². The minimum atomic E-state index is -0.489. The van der Waals surface area contributed by atoms with Crippen LogP contribution in [0.5, 0.6) is 0 Å². The third-order valence-electron chi connectivity index (χ3n) is 6.38. The first-order valence-electron chi connectivity index (χ1n) is 11.7. The van der Waals surface area contributed by atoms with E-state index >= 15 is 0 Å². The number of nitrogens with zero attached hydrogens (tertiary/aromatic N) is 3. The average molecular weight is 452 g/mol. The van der Waals surface area contributed by atoms with Crippen LogP contribution in [0.2, 0.25) is 0 Å². The molecule has 3 aromatic rings. The molecule has 1 aliphatic carbocycles. The zero-order valence-electron chi connectivity index (χ0n) is 18.7. The van der Waals surface area contributed by atoms with Crippen molar-refractivity contribution in [2.45, 2.75) is 38.0 Å². The molecule has 1 saturated carbocycles. The minimum absolute atomic E-state index is 0.317. The maximum Gasteiger partial charge on any atom is 0.232 e. The fourth-order valence-electron chi connectivity index (χ4n) is 4.53. The van der Waals surface area contributed by atoms with Crippen LogP contribution in [0.3, 0.4) is 0 Å². The largest absolute Gasteiger partial charge is 0.391 e. The summed E-state index contributed by atoms with van der Waals surface area (Å²) in [5, 5.41) is 15.2. The van der Waals surface area contributed by atoms with Crippen molar-refractivity contribution in [3.8, 4) is 11.3 Å². The van der Waals surface area contributed by atoms with Gasteiger partial charge in [0.2, 0.25) is 5.88 Å². The molecule has 1 atom stereocenters. The monoisotopic (exact) mass is 451 g/mol. The number of ether oxygens (including phenoxy) is 1. The minimum Gasteiger partial charge on any atom is -0.391 e. The van der Waals surface area contributed by atoms with Gasteiger partial charge in [0, 0.05) is 37.8 Å². The lowest BCUT2D eigenvalue weighted by Gasteiger charge is -2.29. The number of morpholine rings is 1. The number of halogens is 1. The molecule has 1 aliphatic heterocycles. The van der Waals surface area contributed by atoms with Gasteiger partial charge in [-0.05, 0) is 37.0 Å². The summed E-state index contributed by atoms with van der Waals surface area (Å²) in [4.78, 5) is 4.43. The van der Waals surface area contributed by atoms with Crippen LogP contribution in [-0.4, -0.2) is 60.2 Å². The van der Waals surface area contributed by atoms with Crippen LogP contribution in [0.1, 0.15) is 24.0 Å². The number of benzene rings is 2. The zero-order valence-corrected chi connectivity index (χ0v) is 18.7. The Bertz CT molecular complexity index is 1050. The molecule has 5 rings (SSSR count). The summed E-state index contributed by atoms with van der Waals surface area (Å²) in [6, 6.07) is 17.1. The first-order valence-corrected chi connectivity index (χ1v) is 11.7. The summed E-state index contributed by atoms with van der Waals surface area (Å²) < 4.78 is 26.0. The lowest BCUT2D eigenvalue weighted by Crippen LogP contribution is -2.38. The third kappa shape index (κ3) is 5.27. The highest BCUT2D eigenvalue weighted by Crippen LogP contribution is 2.37.